The van der Waals surface area contributed by atoms with Gasteiger partial charge in [0.25, 0.3) is 0 Å². The lowest BCUT2D eigenvalue weighted by Gasteiger charge is -2.17. The number of methoxy groups -OCH3 is 1. The Balaban J connectivity index is 1.81. The second-order valence-corrected chi connectivity index (χ2v) is 7.88. The van der Waals surface area contributed by atoms with Gasteiger partial charge >= 0.3 is 0 Å². The summed E-state index contributed by atoms with van der Waals surface area (Å²) in [5.74, 6) is 0.846. The van der Waals surface area contributed by atoms with E-state index in [1.165, 1.54) is 0 Å². The Morgan fingerprint density at radius 2 is 2.08 bits per heavy atom. The first-order valence-electron chi connectivity index (χ1n) is 8.54. The Morgan fingerprint density at radius 3 is 2.88 bits per heavy atom. The molecule has 2 aromatic heterocycles. The highest BCUT2D eigenvalue weighted by atomic mass is 32.2. The molecule has 0 spiro atoms. The normalized spacial score (nSPS) is 18.6. The number of aryl methyl sites for hydroxylation is 1. The molecule has 25 heavy (non-hydrogen) atoms. The van der Waals surface area contributed by atoms with Gasteiger partial charge < -0.3 is 9.30 Å². The van der Waals surface area contributed by atoms with E-state index in [2.05, 4.69) is 9.97 Å². The Kier molecular flexibility index (Phi) is 4.29. The van der Waals surface area contributed by atoms with Crippen LogP contribution in [0.5, 0.6) is 5.75 Å². The quantitative estimate of drug-likeness (QED) is 0.674. The third-order valence-electron chi connectivity index (χ3n) is 4.90. The van der Waals surface area contributed by atoms with E-state index < -0.39 is 10.8 Å². The number of rotatable bonds is 3. The Morgan fingerprint density at radius 1 is 1.24 bits per heavy atom. The van der Waals surface area contributed by atoms with Crippen LogP contribution >= 0.6 is 0 Å². The number of pyridine rings is 1. The van der Waals surface area contributed by atoms with Crippen LogP contribution in [0.15, 0.2) is 41.7 Å². The van der Waals surface area contributed by atoms with E-state index in [0.29, 0.717) is 5.16 Å². The summed E-state index contributed by atoms with van der Waals surface area (Å²) in [5.41, 5.74) is 3.88. The smallest absolute Gasteiger partial charge is 0.200 e. The molecule has 0 amide bonds. The maximum Gasteiger partial charge on any atom is 0.200 e. The number of imidazole rings is 1. The third-order valence-corrected chi connectivity index (χ3v) is 6.60. The molecule has 0 radical (unpaired) electrons. The lowest BCUT2D eigenvalue weighted by molar-refractivity contribution is 0.408. The van der Waals surface area contributed by atoms with Gasteiger partial charge in [0.15, 0.2) is 0 Å². The first-order valence-corrected chi connectivity index (χ1v) is 9.76. The Hall–Kier alpha value is -2.21. The maximum absolute atomic E-state index is 13.5. The molecule has 1 aromatic carbocycles. The zero-order valence-electron chi connectivity index (χ0n) is 14.4. The van der Waals surface area contributed by atoms with Gasteiger partial charge in [0.05, 0.1) is 39.9 Å². The molecule has 0 unspecified atom stereocenters. The molecule has 0 bridgehead atoms. The standard InChI is InChI=1S/C19H21N3O2S/c1-22-15-9-5-4-8-14(15)21-19(22)25(23)17-10-6-3-7-13-16(24-2)11-12-20-18(13)17/h4-5,8-9,11-12,17H,3,6-7,10H2,1-2H3/t17-,25-/m0/s1. The first kappa shape index (κ1) is 16.3. The van der Waals surface area contributed by atoms with Crippen molar-refractivity contribution in [3.05, 3.63) is 47.8 Å². The van der Waals surface area contributed by atoms with E-state index in [4.69, 9.17) is 4.74 Å². The highest BCUT2D eigenvalue weighted by Gasteiger charge is 2.30. The Bertz CT molecular complexity index is 951. The minimum atomic E-state index is -1.26. The fourth-order valence-electron chi connectivity index (χ4n) is 3.62. The monoisotopic (exact) mass is 355 g/mol. The third kappa shape index (κ3) is 2.74. The lowest BCUT2D eigenvalue weighted by Crippen LogP contribution is -2.13. The largest absolute Gasteiger partial charge is 0.496 e. The van der Waals surface area contributed by atoms with Crippen LogP contribution in [0.3, 0.4) is 0 Å². The van der Waals surface area contributed by atoms with Gasteiger partial charge in [-0.25, -0.2) is 4.98 Å². The number of aromatic nitrogens is 3. The van der Waals surface area contributed by atoms with E-state index >= 15 is 0 Å². The molecule has 1 aliphatic rings. The van der Waals surface area contributed by atoms with Gasteiger partial charge in [-0.05, 0) is 37.5 Å². The van der Waals surface area contributed by atoms with Crippen LogP contribution in [0.2, 0.25) is 0 Å². The number of fused-ring (bicyclic) bond motifs is 2. The summed E-state index contributed by atoms with van der Waals surface area (Å²) in [6.07, 6.45) is 5.61. The van der Waals surface area contributed by atoms with Crippen molar-refractivity contribution in [1.82, 2.24) is 14.5 Å². The first-order chi connectivity index (χ1) is 12.2. The predicted molar refractivity (Wildman–Crippen MR) is 98.2 cm³/mol. The van der Waals surface area contributed by atoms with Gasteiger partial charge in [-0.1, -0.05) is 18.6 Å². The summed E-state index contributed by atoms with van der Waals surface area (Å²) in [4.78, 5) is 9.23. The molecular formula is C19H21N3O2S. The van der Waals surface area contributed by atoms with E-state index in [1.54, 1.807) is 13.3 Å². The molecule has 0 fully saturated rings. The van der Waals surface area contributed by atoms with E-state index in [1.807, 2.05) is 41.9 Å². The highest BCUT2D eigenvalue weighted by Crippen LogP contribution is 2.37. The average molecular weight is 355 g/mol. The van der Waals surface area contributed by atoms with Crippen molar-refractivity contribution < 1.29 is 8.95 Å². The van der Waals surface area contributed by atoms with Crippen molar-refractivity contribution in [2.24, 2.45) is 7.05 Å². The summed E-state index contributed by atoms with van der Waals surface area (Å²) in [6.45, 7) is 0. The minimum absolute atomic E-state index is 0.150. The van der Waals surface area contributed by atoms with Crippen LogP contribution < -0.4 is 4.74 Å². The average Bonchev–Trinajstić information content (AvgIpc) is 2.84. The van der Waals surface area contributed by atoms with E-state index in [-0.39, 0.29) is 5.25 Å². The highest BCUT2D eigenvalue weighted by molar-refractivity contribution is 7.85. The lowest BCUT2D eigenvalue weighted by atomic mass is 10.1. The zero-order chi connectivity index (χ0) is 17.4. The van der Waals surface area contributed by atoms with Crippen molar-refractivity contribution >= 4 is 21.8 Å². The predicted octanol–water partition coefficient (Wildman–Crippen LogP) is 3.55. The molecule has 5 nitrogen and oxygen atoms in total. The zero-order valence-corrected chi connectivity index (χ0v) is 15.3. The molecule has 4 rings (SSSR count). The van der Waals surface area contributed by atoms with Gasteiger partial charge in [-0.15, -0.1) is 0 Å². The summed E-state index contributed by atoms with van der Waals surface area (Å²) < 4.78 is 20.9. The summed E-state index contributed by atoms with van der Waals surface area (Å²) >= 11 is 0. The van der Waals surface area contributed by atoms with Crippen LogP contribution in [0.25, 0.3) is 11.0 Å². The van der Waals surface area contributed by atoms with Gasteiger partial charge in [-0.3, -0.25) is 9.19 Å². The van der Waals surface area contributed by atoms with Crippen LogP contribution in [-0.4, -0.2) is 25.9 Å². The molecule has 0 N–H and O–H groups in total. The van der Waals surface area contributed by atoms with Gasteiger partial charge in [-0.2, -0.15) is 0 Å². The molecule has 2 atom stereocenters. The van der Waals surface area contributed by atoms with Crippen LogP contribution in [0.1, 0.15) is 35.8 Å². The van der Waals surface area contributed by atoms with Gasteiger partial charge in [0.2, 0.25) is 5.16 Å². The van der Waals surface area contributed by atoms with Gasteiger partial charge in [0, 0.05) is 18.8 Å². The van der Waals surface area contributed by atoms with Crippen LogP contribution in [0.4, 0.5) is 0 Å². The molecule has 0 saturated carbocycles. The fraction of sp³-hybridized carbons (Fsp3) is 0.368. The molecule has 130 valence electrons. The number of ether oxygens (including phenoxy) is 1. The molecule has 0 aliphatic heterocycles. The number of hydrogen-bond donors (Lipinski definition) is 0. The fourth-order valence-corrected chi connectivity index (χ4v) is 5.21. The molecule has 2 heterocycles. The molecule has 6 heteroatoms. The molecule has 1 aliphatic carbocycles. The topological polar surface area (TPSA) is 57.0 Å². The second kappa shape index (κ2) is 6.59. The Labute approximate surface area is 149 Å². The van der Waals surface area contributed by atoms with Crippen molar-refractivity contribution in [3.63, 3.8) is 0 Å². The van der Waals surface area contributed by atoms with Gasteiger partial charge in [0.1, 0.15) is 5.75 Å². The maximum atomic E-state index is 13.5. The number of hydrogen-bond acceptors (Lipinski definition) is 4. The molecule has 0 saturated heterocycles. The summed E-state index contributed by atoms with van der Waals surface area (Å²) in [7, 11) is 2.35. The SMILES string of the molecule is COc1ccnc2c1CCCC[C@@H]2[S@](=O)c1nc2ccccc2n1C. The van der Waals surface area contributed by atoms with Crippen molar-refractivity contribution in [2.75, 3.05) is 7.11 Å². The molecule has 3 aromatic rings. The second-order valence-electron chi connectivity index (χ2n) is 6.35. The summed E-state index contributed by atoms with van der Waals surface area (Å²) in [5, 5.41) is 0.465. The number of nitrogens with zero attached hydrogens (tertiary/aromatic N) is 3. The van der Waals surface area contributed by atoms with Crippen LogP contribution in [-0.2, 0) is 24.3 Å². The number of benzene rings is 1. The van der Waals surface area contributed by atoms with Crippen molar-refractivity contribution in [1.29, 1.82) is 0 Å². The van der Waals surface area contributed by atoms with Crippen molar-refractivity contribution in [3.8, 4) is 5.75 Å². The van der Waals surface area contributed by atoms with Crippen molar-refractivity contribution in [2.45, 2.75) is 36.1 Å². The summed E-state index contributed by atoms with van der Waals surface area (Å²) in [6, 6.07) is 9.78. The minimum Gasteiger partial charge on any atom is -0.496 e. The number of para-hydroxylation sites is 2. The van der Waals surface area contributed by atoms with E-state index in [9.17, 15) is 4.21 Å². The molecular weight excluding hydrogens is 334 g/mol. The van der Waals surface area contributed by atoms with Crippen LogP contribution in [0, 0.1) is 0 Å². The van der Waals surface area contributed by atoms with E-state index in [0.717, 1.165) is 53.7 Å².